The van der Waals surface area contributed by atoms with E-state index in [1.54, 1.807) is 0 Å². The standard InChI is InChI=1S/C21H41GeN3Si2/c1-20(2,3)23-19(18-16-14-13-15-17-18)24(21(4,5)6)22-25(26(7,8)9)27(10,11)12/h13-17H,1-12H3. The van der Waals surface area contributed by atoms with E-state index in [1.807, 2.05) is 0 Å². The van der Waals surface area contributed by atoms with Gasteiger partial charge in [0.15, 0.2) is 0 Å². The SMILES string of the molecule is CC(C)(C)N=C(c1ccccc1)[N]([Ge][N]([Si](C)(C)C)[Si](C)(C)C)C(C)(C)C. The van der Waals surface area contributed by atoms with Crippen LogP contribution in [0.4, 0.5) is 0 Å². The Labute approximate surface area is 177 Å². The fourth-order valence-corrected chi connectivity index (χ4v) is 18.2. The van der Waals surface area contributed by atoms with Crippen LogP contribution in [0.5, 0.6) is 0 Å². The van der Waals surface area contributed by atoms with E-state index in [1.165, 1.54) is 5.56 Å². The zero-order chi connectivity index (χ0) is 21.3. The molecule has 0 unspecified atom stereocenters. The van der Waals surface area contributed by atoms with Crippen LogP contribution in [0.3, 0.4) is 0 Å². The van der Waals surface area contributed by atoms with Gasteiger partial charge in [-0.3, -0.25) is 0 Å². The molecule has 0 aliphatic rings. The maximum atomic E-state index is 5.24. The first-order valence-electron chi connectivity index (χ1n) is 9.95. The number of hydrogen-bond donors (Lipinski definition) is 0. The third-order valence-corrected chi connectivity index (χ3v) is 22.8. The fraction of sp³-hybridized carbons (Fsp3) is 0.667. The van der Waals surface area contributed by atoms with E-state index >= 15 is 0 Å². The van der Waals surface area contributed by atoms with Gasteiger partial charge in [-0.2, -0.15) is 0 Å². The Kier molecular flexibility index (Phi) is 7.81. The van der Waals surface area contributed by atoms with Crippen molar-refractivity contribution in [3.8, 4) is 0 Å². The van der Waals surface area contributed by atoms with E-state index in [0.717, 1.165) is 5.84 Å². The van der Waals surface area contributed by atoms with Crippen molar-refractivity contribution in [3.05, 3.63) is 35.9 Å². The number of aliphatic imine (C=N–C) groups is 1. The molecule has 0 bridgehead atoms. The molecule has 0 amide bonds. The van der Waals surface area contributed by atoms with Gasteiger partial charge in [0, 0.05) is 0 Å². The summed E-state index contributed by atoms with van der Waals surface area (Å²) in [6, 6.07) is 10.8. The second kappa shape index (κ2) is 8.55. The fourth-order valence-electron chi connectivity index (χ4n) is 3.07. The number of rotatable bonds is 5. The normalized spacial score (nSPS) is 14.6. The molecule has 6 heteroatoms. The molecule has 0 saturated heterocycles. The molecule has 1 aromatic rings. The van der Waals surface area contributed by atoms with Gasteiger partial charge in [-0.25, -0.2) is 0 Å². The molecule has 0 fully saturated rings. The van der Waals surface area contributed by atoms with Gasteiger partial charge < -0.3 is 0 Å². The molecule has 0 aliphatic heterocycles. The van der Waals surface area contributed by atoms with Crippen molar-refractivity contribution in [1.29, 1.82) is 0 Å². The molecule has 0 saturated carbocycles. The summed E-state index contributed by atoms with van der Waals surface area (Å²) < 4.78 is 5.62. The summed E-state index contributed by atoms with van der Waals surface area (Å²) in [5.41, 5.74) is 1.17. The summed E-state index contributed by atoms with van der Waals surface area (Å²) in [6.07, 6.45) is 0. The van der Waals surface area contributed by atoms with Gasteiger partial charge in [-0.1, -0.05) is 0 Å². The Hall–Kier alpha value is -0.373. The van der Waals surface area contributed by atoms with Gasteiger partial charge in [0.1, 0.15) is 0 Å². The molecule has 0 N–H and O–H groups in total. The Morgan fingerprint density at radius 3 is 1.59 bits per heavy atom. The van der Waals surface area contributed by atoms with Crippen LogP contribution in [-0.2, 0) is 0 Å². The van der Waals surface area contributed by atoms with Crippen LogP contribution < -0.4 is 0 Å². The van der Waals surface area contributed by atoms with Gasteiger partial charge in [0.2, 0.25) is 0 Å². The van der Waals surface area contributed by atoms with Crippen LogP contribution in [0.25, 0.3) is 0 Å². The number of nitrogens with zero attached hydrogens (tertiary/aromatic N) is 3. The van der Waals surface area contributed by atoms with Crippen molar-refractivity contribution in [2.24, 2.45) is 4.99 Å². The molecule has 2 radical (unpaired) electrons. The summed E-state index contributed by atoms with van der Waals surface area (Å²) in [6.45, 7) is 28.6. The van der Waals surface area contributed by atoms with Crippen molar-refractivity contribution < 1.29 is 0 Å². The average Bonchev–Trinajstić information content (AvgIpc) is 2.41. The third kappa shape index (κ3) is 7.87. The molecule has 1 rings (SSSR count). The first-order chi connectivity index (χ1) is 11.9. The predicted octanol–water partition coefficient (Wildman–Crippen LogP) is 5.84. The minimum atomic E-state index is -1.42. The number of hydrogen-bond acceptors (Lipinski definition) is 2. The van der Waals surface area contributed by atoms with Crippen LogP contribution in [0, 0.1) is 0 Å². The van der Waals surface area contributed by atoms with Crippen molar-refractivity contribution >= 4 is 38.2 Å². The van der Waals surface area contributed by atoms with E-state index in [2.05, 4.69) is 118 Å². The molecule has 0 spiro atoms. The average molecular weight is 464 g/mol. The predicted molar refractivity (Wildman–Crippen MR) is 129 cm³/mol. The van der Waals surface area contributed by atoms with Gasteiger partial charge in [-0.15, -0.1) is 0 Å². The second-order valence-corrected chi connectivity index (χ2v) is 25.5. The molecule has 27 heavy (non-hydrogen) atoms. The van der Waals surface area contributed by atoms with Crippen LogP contribution in [-0.4, -0.2) is 56.3 Å². The van der Waals surface area contributed by atoms with E-state index < -0.39 is 32.3 Å². The first-order valence-corrected chi connectivity index (χ1v) is 18.7. The van der Waals surface area contributed by atoms with Crippen molar-refractivity contribution in [3.63, 3.8) is 0 Å². The van der Waals surface area contributed by atoms with Crippen molar-refractivity contribution in [2.75, 3.05) is 0 Å². The molecule has 1 aromatic carbocycles. The minimum absolute atomic E-state index is 0.0392. The van der Waals surface area contributed by atoms with Crippen LogP contribution >= 0.6 is 0 Å². The van der Waals surface area contributed by atoms with Gasteiger partial charge in [-0.05, 0) is 0 Å². The monoisotopic (exact) mass is 465 g/mol. The summed E-state index contributed by atoms with van der Waals surface area (Å²) >= 11 is -0.512. The topological polar surface area (TPSA) is 18.8 Å². The van der Waals surface area contributed by atoms with Crippen molar-refractivity contribution in [2.45, 2.75) is 91.9 Å². The molecule has 0 aliphatic carbocycles. The van der Waals surface area contributed by atoms with Crippen LogP contribution in [0.2, 0.25) is 39.3 Å². The zero-order valence-electron chi connectivity index (χ0n) is 19.7. The maximum absolute atomic E-state index is 5.24. The molecule has 3 nitrogen and oxygen atoms in total. The van der Waals surface area contributed by atoms with E-state index in [-0.39, 0.29) is 11.1 Å². The number of amidine groups is 1. The summed E-state index contributed by atoms with van der Waals surface area (Å²) in [4.78, 5) is 5.24. The van der Waals surface area contributed by atoms with Crippen LogP contribution in [0.15, 0.2) is 35.3 Å². The molecular formula is C21H41GeN3Si2. The summed E-state index contributed by atoms with van der Waals surface area (Å²) in [5, 5.41) is 0. The Morgan fingerprint density at radius 1 is 0.815 bits per heavy atom. The van der Waals surface area contributed by atoms with Gasteiger partial charge in [0.25, 0.3) is 0 Å². The summed E-state index contributed by atoms with van der Waals surface area (Å²) in [5.74, 6) is 1.16. The van der Waals surface area contributed by atoms with E-state index in [0.29, 0.717) is 0 Å². The molecule has 0 aromatic heterocycles. The molecular weight excluding hydrogens is 423 g/mol. The quantitative estimate of drug-likeness (QED) is 0.310. The summed E-state index contributed by atoms with van der Waals surface area (Å²) in [7, 11) is -2.83. The van der Waals surface area contributed by atoms with Gasteiger partial charge in [0.05, 0.1) is 0 Å². The van der Waals surface area contributed by atoms with E-state index in [4.69, 9.17) is 4.99 Å². The van der Waals surface area contributed by atoms with Crippen molar-refractivity contribution in [1.82, 2.24) is 7.05 Å². The third-order valence-electron chi connectivity index (χ3n) is 3.90. The van der Waals surface area contributed by atoms with E-state index in [9.17, 15) is 0 Å². The first kappa shape index (κ1) is 24.7. The molecule has 152 valence electrons. The number of benzene rings is 1. The molecule has 0 heterocycles. The Bertz CT molecular complexity index is 619. The van der Waals surface area contributed by atoms with Gasteiger partial charge >= 0.3 is 178 Å². The Morgan fingerprint density at radius 2 is 1.26 bits per heavy atom. The van der Waals surface area contributed by atoms with Crippen LogP contribution in [0.1, 0.15) is 47.1 Å². The Balaban J connectivity index is 3.56. The molecule has 0 atom stereocenters. The zero-order valence-corrected chi connectivity index (χ0v) is 23.8. The second-order valence-electron chi connectivity index (χ2n) is 11.3.